The maximum Gasteiger partial charge on any atom is 0.246 e. The summed E-state index contributed by atoms with van der Waals surface area (Å²) in [4.78, 5) is 21.9. The standard InChI is InChI=1S/C19H33N5O2/c1-14(2)19-21-17(26-22-19)12-24(16-4-8-20-9-5-16)18(25)13-23-10-6-15(3)7-11-23/h14-16,20H,4-13H2,1-3H3. The Morgan fingerprint density at radius 1 is 1.27 bits per heavy atom. The molecular weight excluding hydrogens is 330 g/mol. The Morgan fingerprint density at radius 3 is 2.58 bits per heavy atom. The molecule has 0 saturated carbocycles. The van der Waals surface area contributed by atoms with Crippen LogP contribution in [0.3, 0.4) is 0 Å². The van der Waals surface area contributed by atoms with Gasteiger partial charge in [-0.15, -0.1) is 0 Å². The molecule has 0 aliphatic carbocycles. The number of nitrogens with zero attached hydrogens (tertiary/aromatic N) is 4. The van der Waals surface area contributed by atoms with Gasteiger partial charge < -0.3 is 14.7 Å². The highest BCUT2D eigenvalue weighted by Gasteiger charge is 2.29. The molecule has 0 radical (unpaired) electrons. The van der Waals surface area contributed by atoms with E-state index in [1.165, 1.54) is 12.8 Å². The molecule has 146 valence electrons. The van der Waals surface area contributed by atoms with Gasteiger partial charge in [0.15, 0.2) is 5.82 Å². The number of rotatable bonds is 6. The molecule has 2 fully saturated rings. The minimum Gasteiger partial charge on any atom is -0.337 e. The lowest BCUT2D eigenvalue weighted by molar-refractivity contribution is -0.136. The van der Waals surface area contributed by atoms with E-state index in [0.717, 1.165) is 44.9 Å². The molecule has 0 atom stereocenters. The average Bonchev–Trinajstić information content (AvgIpc) is 3.11. The Balaban J connectivity index is 1.66. The number of amides is 1. The Labute approximate surface area is 156 Å². The maximum absolute atomic E-state index is 13.1. The second-order valence-corrected chi connectivity index (χ2v) is 8.16. The molecule has 7 heteroatoms. The van der Waals surface area contributed by atoms with Gasteiger partial charge >= 0.3 is 0 Å². The number of carbonyl (C=O) groups is 1. The molecule has 2 aliphatic heterocycles. The third kappa shape index (κ3) is 5.04. The van der Waals surface area contributed by atoms with E-state index < -0.39 is 0 Å². The van der Waals surface area contributed by atoms with Gasteiger partial charge in [0.2, 0.25) is 11.8 Å². The van der Waals surface area contributed by atoms with Gasteiger partial charge in [-0.25, -0.2) is 0 Å². The maximum atomic E-state index is 13.1. The number of carbonyl (C=O) groups excluding carboxylic acids is 1. The van der Waals surface area contributed by atoms with Crippen molar-refractivity contribution in [3.8, 4) is 0 Å². The summed E-state index contributed by atoms with van der Waals surface area (Å²) in [5.41, 5.74) is 0. The van der Waals surface area contributed by atoms with Gasteiger partial charge in [-0.1, -0.05) is 25.9 Å². The average molecular weight is 364 g/mol. The number of hydrogen-bond acceptors (Lipinski definition) is 6. The lowest BCUT2D eigenvalue weighted by Gasteiger charge is -2.36. The fourth-order valence-electron chi connectivity index (χ4n) is 3.75. The zero-order chi connectivity index (χ0) is 18.5. The number of aromatic nitrogens is 2. The first-order valence-electron chi connectivity index (χ1n) is 10.1. The molecule has 0 aromatic carbocycles. The number of likely N-dealkylation sites (tertiary alicyclic amines) is 1. The first kappa shape index (κ1) is 19.3. The molecule has 0 bridgehead atoms. The predicted octanol–water partition coefficient (Wildman–Crippen LogP) is 2.01. The van der Waals surface area contributed by atoms with Crippen molar-refractivity contribution in [2.75, 3.05) is 32.7 Å². The van der Waals surface area contributed by atoms with Gasteiger partial charge in [-0.05, 0) is 57.8 Å². The van der Waals surface area contributed by atoms with Crippen LogP contribution in [0.4, 0.5) is 0 Å². The van der Waals surface area contributed by atoms with Crippen LogP contribution >= 0.6 is 0 Å². The quantitative estimate of drug-likeness (QED) is 0.833. The highest BCUT2D eigenvalue weighted by molar-refractivity contribution is 5.78. The van der Waals surface area contributed by atoms with Crippen molar-refractivity contribution < 1.29 is 9.32 Å². The molecule has 1 aromatic rings. The molecule has 3 rings (SSSR count). The van der Waals surface area contributed by atoms with Crippen LogP contribution in [0.1, 0.15) is 64.1 Å². The molecule has 26 heavy (non-hydrogen) atoms. The molecule has 1 N–H and O–H groups in total. The Hall–Kier alpha value is -1.47. The monoisotopic (exact) mass is 363 g/mol. The summed E-state index contributed by atoms with van der Waals surface area (Å²) >= 11 is 0. The summed E-state index contributed by atoms with van der Waals surface area (Å²) in [5.74, 6) is 2.45. The number of piperidine rings is 2. The largest absolute Gasteiger partial charge is 0.337 e. The van der Waals surface area contributed by atoms with Crippen LogP contribution in [-0.2, 0) is 11.3 Å². The molecular formula is C19H33N5O2. The Morgan fingerprint density at radius 2 is 1.96 bits per heavy atom. The van der Waals surface area contributed by atoms with Crippen LogP contribution in [0.2, 0.25) is 0 Å². The fraction of sp³-hybridized carbons (Fsp3) is 0.842. The zero-order valence-electron chi connectivity index (χ0n) is 16.4. The highest BCUT2D eigenvalue weighted by Crippen LogP contribution is 2.19. The van der Waals surface area contributed by atoms with E-state index in [-0.39, 0.29) is 17.9 Å². The van der Waals surface area contributed by atoms with Gasteiger partial charge in [0.05, 0.1) is 6.54 Å². The van der Waals surface area contributed by atoms with E-state index in [0.29, 0.717) is 24.8 Å². The first-order valence-corrected chi connectivity index (χ1v) is 10.1. The minimum atomic E-state index is 0.191. The SMILES string of the molecule is CC1CCN(CC(=O)N(Cc2nc(C(C)C)no2)C2CCNCC2)CC1. The fourth-order valence-corrected chi connectivity index (χ4v) is 3.75. The van der Waals surface area contributed by atoms with Gasteiger partial charge in [0.1, 0.15) is 6.54 Å². The Kier molecular flexibility index (Phi) is 6.64. The second-order valence-electron chi connectivity index (χ2n) is 8.16. The van der Waals surface area contributed by atoms with Crippen molar-refractivity contribution in [1.82, 2.24) is 25.3 Å². The first-order chi connectivity index (χ1) is 12.5. The predicted molar refractivity (Wildman–Crippen MR) is 99.7 cm³/mol. The van der Waals surface area contributed by atoms with Crippen LogP contribution in [0.5, 0.6) is 0 Å². The van der Waals surface area contributed by atoms with Crippen LogP contribution in [0, 0.1) is 5.92 Å². The van der Waals surface area contributed by atoms with Crippen LogP contribution in [-0.4, -0.2) is 64.6 Å². The van der Waals surface area contributed by atoms with Crippen LogP contribution in [0.25, 0.3) is 0 Å². The van der Waals surface area contributed by atoms with E-state index >= 15 is 0 Å². The van der Waals surface area contributed by atoms with E-state index in [1.807, 2.05) is 18.7 Å². The Bertz CT molecular complexity index is 574. The third-order valence-electron chi connectivity index (χ3n) is 5.61. The van der Waals surface area contributed by atoms with Crippen molar-refractivity contribution in [2.24, 2.45) is 5.92 Å². The third-order valence-corrected chi connectivity index (χ3v) is 5.61. The van der Waals surface area contributed by atoms with E-state index in [4.69, 9.17) is 4.52 Å². The number of hydrogen-bond donors (Lipinski definition) is 1. The summed E-state index contributed by atoms with van der Waals surface area (Å²) in [5, 5.41) is 7.43. The molecule has 2 aliphatic rings. The molecule has 1 amide bonds. The summed E-state index contributed by atoms with van der Waals surface area (Å²) in [6.45, 7) is 11.3. The molecule has 0 unspecified atom stereocenters. The van der Waals surface area contributed by atoms with Gasteiger partial charge in [-0.3, -0.25) is 9.69 Å². The van der Waals surface area contributed by atoms with Gasteiger partial charge in [0, 0.05) is 12.0 Å². The van der Waals surface area contributed by atoms with E-state index in [1.54, 1.807) is 0 Å². The van der Waals surface area contributed by atoms with Crippen molar-refractivity contribution in [2.45, 2.75) is 65.0 Å². The lowest BCUT2D eigenvalue weighted by Crippen LogP contribution is -2.49. The topological polar surface area (TPSA) is 74.5 Å². The minimum absolute atomic E-state index is 0.191. The van der Waals surface area contributed by atoms with Crippen LogP contribution in [0.15, 0.2) is 4.52 Å². The second kappa shape index (κ2) is 8.95. The summed E-state index contributed by atoms with van der Waals surface area (Å²) in [6.07, 6.45) is 4.33. The molecule has 0 spiro atoms. The van der Waals surface area contributed by atoms with E-state index in [9.17, 15) is 4.79 Å². The van der Waals surface area contributed by atoms with Crippen molar-refractivity contribution >= 4 is 5.91 Å². The van der Waals surface area contributed by atoms with Crippen molar-refractivity contribution in [3.05, 3.63) is 11.7 Å². The summed E-state index contributed by atoms with van der Waals surface area (Å²) in [6, 6.07) is 0.252. The summed E-state index contributed by atoms with van der Waals surface area (Å²) < 4.78 is 5.42. The molecule has 7 nitrogen and oxygen atoms in total. The van der Waals surface area contributed by atoms with Crippen molar-refractivity contribution in [1.29, 1.82) is 0 Å². The lowest BCUT2D eigenvalue weighted by atomic mass is 9.99. The highest BCUT2D eigenvalue weighted by atomic mass is 16.5. The van der Waals surface area contributed by atoms with Gasteiger partial charge in [0.25, 0.3) is 0 Å². The van der Waals surface area contributed by atoms with Crippen LogP contribution < -0.4 is 5.32 Å². The normalized spacial score (nSPS) is 20.6. The summed E-state index contributed by atoms with van der Waals surface area (Å²) in [7, 11) is 0. The van der Waals surface area contributed by atoms with Crippen molar-refractivity contribution in [3.63, 3.8) is 0 Å². The molecule has 1 aromatic heterocycles. The molecule has 2 saturated heterocycles. The van der Waals surface area contributed by atoms with E-state index in [2.05, 4.69) is 27.3 Å². The number of nitrogens with one attached hydrogen (secondary N) is 1. The smallest absolute Gasteiger partial charge is 0.246 e. The van der Waals surface area contributed by atoms with Gasteiger partial charge in [-0.2, -0.15) is 4.98 Å². The zero-order valence-corrected chi connectivity index (χ0v) is 16.4. The molecule has 3 heterocycles.